The molecule has 1 aliphatic rings. The van der Waals surface area contributed by atoms with Crippen LogP contribution in [0.1, 0.15) is 48.5 Å². The molecule has 28 heavy (non-hydrogen) atoms. The average molecular weight is 402 g/mol. The quantitative estimate of drug-likeness (QED) is 0.345. The minimum absolute atomic E-state index is 0.143. The van der Waals surface area contributed by atoms with Crippen LogP contribution in [-0.4, -0.2) is 73.0 Å². The second-order valence-electron chi connectivity index (χ2n) is 9.15. The first-order chi connectivity index (χ1) is 12.7. The van der Waals surface area contributed by atoms with Crippen molar-refractivity contribution in [2.75, 3.05) is 39.4 Å². The van der Waals surface area contributed by atoms with E-state index in [9.17, 15) is 8.78 Å². The number of ether oxygens (including phenoxy) is 2. The first-order valence-corrected chi connectivity index (χ1v) is 9.73. The Morgan fingerprint density at radius 2 is 1.57 bits per heavy atom. The molecule has 0 aromatic rings. The van der Waals surface area contributed by atoms with Crippen LogP contribution in [0.15, 0.2) is 28.7 Å². The molecular weight excluding hydrogens is 364 g/mol. The lowest BCUT2D eigenvalue weighted by atomic mass is 10.1. The van der Waals surface area contributed by atoms with Crippen molar-refractivity contribution in [1.29, 1.82) is 0 Å². The number of halogens is 2. The van der Waals surface area contributed by atoms with Crippen LogP contribution < -0.4 is 0 Å². The van der Waals surface area contributed by atoms with E-state index >= 15 is 0 Å². The zero-order chi connectivity index (χ0) is 21.6. The van der Waals surface area contributed by atoms with Gasteiger partial charge in [0.2, 0.25) is 0 Å². The molecule has 0 bridgehead atoms. The molecule has 162 valence electrons. The van der Waals surface area contributed by atoms with Gasteiger partial charge in [0.1, 0.15) is 12.4 Å². The maximum atomic E-state index is 13.9. The van der Waals surface area contributed by atoms with Crippen LogP contribution in [0.4, 0.5) is 8.78 Å². The highest BCUT2D eigenvalue weighted by molar-refractivity contribution is 5.30. The van der Waals surface area contributed by atoms with Gasteiger partial charge in [-0.1, -0.05) is 0 Å². The number of allylic oxidation sites excluding steroid dienone is 3. The van der Waals surface area contributed by atoms with Gasteiger partial charge in [-0.3, -0.25) is 4.90 Å². The predicted octanol–water partition coefficient (Wildman–Crippen LogP) is 4.32. The molecule has 0 aromatic heterocycles. The van der Waals surface area contributed by atoms with E-state index in [1.54, 1.807) is 39.8 Å². The molecule has 1 rings (SSSR count). The summed E-state index contributed by atoms with van der Waals surface area (Å²) < 4.78 is 38.1. The Labute approximate surface area is 169 Å². The van der Waals surface area contributed by atoms with E-state index < -0.39 is 24.7 Å². The zero-order valence-corrected chi connectivity index (χ0v) is 18.5. The summed E-state index contributed by atoms with van der Waals surface area (Å²) in [5.41, 5.74) is -0.470. The summed E-state index contributed by atoms with van der Waals surface area (Å²) in [6, 6.07) is 0. The molecule has 0 N–H and O–H groups in total. The van der Waals surface area contributed by atoms with Gasteiger partial charge in [0.05, 0.1) is 11.4 Å². The van der Waals surface area contributed by atoms with Crippen LogP contribution in [0.3, 0.4) is 0 Å². The van der Waals surface area contributed by atoms with Gasteiger partial charge in [0.15, 0.2) is 6.61 Å². The smallest absolute Gasteiger partial charge is 0.304 e. The van der Waals surface area contributed by atoms with Crippen molar-refractivity contribution in [3.05, 3.63) is 23.7 Å². The van der Waals surface area contributed by atoms with E-state index in [1.165, 1.54) is 0 Å². The third-order valence-corrected chi connectivity index (χ3v) is 4.41. The number of piperazine rings is 1. The van der Waals surface area contributed by atoms with Gasteiger partial charge in [0.25, 0.3) is 0 Å². The fourth-order valence-corrected chi connectivity index (χ4v) is 2.69. The fourth-order valence-electron chi connectivity index (χ4n) is 2.69. The molecule has 0 saturated carbocycles. The van der Waals surface area contributed by atoms with Crippen LogP contribution in [0, 0.1) is 0 Å². The summed E-state index contributed by atoms with van der Waals surface area (Å²) in [6.07, 6.45) is 3.42. The van der Waals surface area contributed by atoms with Crippen LogP contribution in [0.25, 0.3) is 0 Å². The Morgan fingerprint density at radius 3 is 2.04 bits per heavy atom. The fraction of sp³-hybridized carbons (Fsp3) is 0.762. The summed E-state index contributed by atoms with van der Waals surface area (Å²) >= 11 is 0. The highest BCUT2D eigenvalue weighted by atomic mass is 19.3. The van der Waals surface area contributed by atoms with Crippen molar-refractivity contribution < 1.29 is 18.3 Å². The van der Waals surface area contributed by atoms with Crippen molar-refractivity contribution in [2.24, 2.45) is 4.99 Å². The summed E-state index contributed by atoms with van der Waals surface area (Å²) in [5.74, 6) is -1.93. The Kier molecular flexibility index (Phi) is 8.63. The lowest BCUT2D eigenvalue weighted by Gasteiger charge is -2.42. The van der Waals surface area contributed by atoms with Gasteiger partial charge in [-0.2, -0.15) is 0 Å². The lowest BCUT2D eigenvalue weighted by Crippen LogP contribution is -2.52. The maximum absolute atomic E-state index is 13.9. The third kappa shape index (κ3) is 9.15. The molecule has 0 atom stereocenters. The first kappa shape index (κ1) is 24.6. The number of alkyl halides is 2. The van der Waals surface area contributed by atoms with Crippen LogP contribution in [-0.2, 0) is 9.47 Å². The SMILES string of the molecule is C=N/C(=C\C=C(/C)OCC(F)(F)COC(C)(C)C)N1CCN(C(C)(C)C)CC1. The van der Waals surface area contributed by atoms with E-state index in [4.69, 9.17) is 9.47 Å². The molecule has 5 nitrogen and oxygen atoms in total. The number of hydrogen-bond acceptors (Lipinski definition) is 5. The first-order valence-electron chi connectivity index (χ1n) is 9.73. The molecule has 1 heterocycles. The number of hydrogen-bond donors (Lipinski definition) is 0. The normalized spacial score (nSPS) is 18.4. The number of rotatable bonds is 8. The largest absolute Gasteiger partial charge is 0.492 e. The van der Waals surface area contributed by atoms with Crippen LogP contribution in [0.5, 0.6) is 0 Å². The third-order valence-electron chi connectivity index (χ3n) is 4.41. The minimum Gasteiger partial charge on any atom is -0.492 e. The van der Waals surface area contributed by atoms with E-state index in [0.717, 1.165) is 32.0 Å². The Hall–Kier alpha value is -1.47. The van der Waals surface area contributed by atoms with Gasteiger partial charge in [-0.15, -0.1) is 0 Å². The number of aliphatic imine (C=N–C) groups is 1. The molecule has 0 unspecified atom stereocenters. The van der Waals surface area contributed by atoms with Gasteiger partial charge in [0, 0.05) is 31.7 Å². The average Bonchev–Trinajstić information content (AvgIpc) is 2.58. The molecule has 7 heteroatoms. The molecule has 0 amide bonds. The monoisotopic (exact) mass is 401 g/mol. The summed E-state index contributed by atoms with van der Waals surface area (Å²) in [6.45, 7) is 19.3. The Balaban J connectivity index is 2.58. The van der Waals surface area contributed by atoms with Crippen molar-refractivity contribution in [3.8, 4) is 0 Å². The summed E-state index contributed by atoms with van der Waals surface area (Å²) in [5, 5.41) is 0. The number of nitrogens with zero attached hydrogens (tertiary/aromatic N) is 3. The molecule has 0 aromatic carbocycles. The van der Waals surface area contributed by atoms with Gasteiger partial charge in [-0.05, 0) is 67.3 Å². The second kappa shape index (κ2) is 9.83. The lowest BCUT2D eigenvalue weighted by molar-refractivity contribution is -0.145. The van der Waals surface area contributed by atoms with E-state index in [1.807, 2.05) is 0 Å². The molecular formula is C21H37F2N3O2. The molecule has 0 aliphatic carbocycles. The second-order valence-corrected chi connectivity index (χ2v) is 9.15. The molecule has 0 spiro atoms. The zero-order valence-electron chi connectivity index (χ0n) is 18.5. The Morgan fingerprint density at radius 1 is 1.00 bits per heavy atom. The van der Waals surface area contributed by atoms with Gasteiger partial charge >= 0.3 is 5.92 Å². The van der Waals surface area contributed by atoms with Crippen molar-refractivity contribution in [3.63, 3.8) is 0 Å². The molecule has 1 saturated heterocycles. The van der Waals surface area contributed by atoms with E-state index in [-0.39, 0.29) is 5.54 Å². The standard InChI is InChI=1S/C21H37F2N3O2/c1-17(27-15-21(22,23)16-28-20(5,6)7)9-10-18(24-8)25-11-13-26(14-12-25)19(2,3)4/h9-10H,8,11-16H2,1-7H3/b17-9+,18-10+. The molecule has 1 fully saturated rings. The molecule has 1 aliphatic heterocycles. The van der Waals surface area contributed by atoms with Crippen molar-refractivity contribution >= 4 is 6.72 Å². The molecule has 0 radical (unpaired) electrons. The van der Waals surface area contributed by atoms with Crippen molar-refractivity contribution in [2.45, 2.75) is 65.5 Å². The highest BCUT2D eigenvalue weighted by Crippen LogP contribution is 2.21. The summed E-state index contributed by atoms with van der Waals surface area (Å²) in [4.78, 5) is 8.66. The van der Waals surface area contributed by atoms with Crippen LogP contribution >= 0.6 is 0 Å². The van der Waals surface area contributed by atoms with Crippen LogP contribution in [0.2, 0.25) is 0 Å². The minimum atomic E-state index is -3.05. The van der Waals surface area contributed by atoms with Gasteiger partial charge in [-0.25, -0.2) is 13.8 Å². The maximum Gasteiger partial charge on any atom is 0.304 e. The van der Waals surface area contributed by atoms with E-state index in [2.05, 4.69) is 42.3 Å². The highest BCUT2D eigenvalue weighted by Gasteiger charge is 2.32. The topological polar surface area (TPSA) is 37.3 Å². The van der Waals surface area contributed by atoms with Gasteiger partial charge < -0.3 is 14.4 Å². The Bertz CT molecular complexity index is 567. The summed E-state index contributed by atoms with van der Waals surface area (Å²) in [7, 11) is 0. The van der Waals surface area contributed by atoms with Crippen molar-refractivity contribution in [1.82, 2.24) is 9.80 Å². The predicted molar refractivity (Wildman–Crippen MR) is 111 cm³/mol. The van der Waals surface area contributed by atoms with E-state index in [0.29, 0.717) is 5.76 Å².